The van der Waals surface area contributed by atoms with Crippen molar-refractivity contribution in [1.82, 2.24) is 4.72 Å². The minimum atomic E-state index is -3.98. The molecule has 0 aromatic heterocycles. The zero-order valence-corrected chi connectivity index (χ0v) is 19.4. The van der Waals surface area contributed by atoms with Crippen molar-refractivity contribution in [3.05, 3.63) is 52.0 Å². The summed E-state index contributed by atoms with van der Waals surface area (Å²) in [6.45, 7) is 3.24. The number of para-hydroxylation sites is 2. The molecule has 0 aliphatic rings. The van der Waals surface area contributed by atoms with Crippen LogP contribution in [-0.4, -0.2) is 40.6 Å². The standard InChI is InChI=1S/C20H22Cl2N2O6S/c1-12(2)10-23-31(27,28)18-8-13(14(21)9-15(18)22)20(26)30-11-19(25)24-16-6-4-5-7-17(16)29-3/h4-9,12,23H,10-11H2,1-3H3,(H,24,25). The molecule has 0 aliphatic heterocycles. The number of methoxy groups -OCH3 is 1. The molecule has 2 rings (SSSR count). The summed E-state index contributed by atoms with van der Waals surface area (Å²) in [7, 11) is -2.53. The number of hydrogen-bond donors (Lipinski definition) is 2. The van der Waals surface area contributed by atoms with E-state index in [2.05, 4.69) is 10.0 Å². The van der Waals surface area contributed by atoms with E-state index in [1.807, 2.05) is 13.8 Å². The van der Waals surface area contributed by atoms with Crippen LogP contribution in [0.25, 0.3) is 0 Å². The van der Waals surface area contributed by atoms with E-state index in [4.69, 9.17) is 32.7 Å². The third-order valence-corrected chi connectivity index (χ3v) is 6.13. The molecule has 0 spiro atoms. The number of nitrogens with one attached hydrogen (secondary N) is 2. The number of benzene rings is 2. The van der Waals surface area contributed by atoms with Crippen molar-refractivity contribution in [3.63, 3.8) is 0 Å². The van der Waals surface area contributed by atoms with Crippen LogP contribution in [0.15, 0.2) is 41.3 Å². The number of carbonyl (C=O) groups excluding carboxylic acids is 2. The predicted molar refractivity (Wildman–Crippen MR) is 118 cm³/mol. The van der Waals surface area contributed by atoms with Crippen LogP contribution in [0.2, 0.25) is 10.0 Å². The van der Waals surface area contributed by atoms with E-state index in [0.29, 0.717) is 11.4 Å². The fraction of sp³-hybridized carbons (Fsp3) is 0.300. The Hall–Kier alpha value is -2.33. The van der Waals surface area contributed by atoms with Gasteiger partial charge in [-0.3, -0.25) is 4.79 Å². The molecule has 8 nitrogen and oxygen atoms in total. The maximum Gasteiger partial charge on any atom is 0.340 e. The highest BCUT2D eigenvalue weighted by Crippen LogP contribution is 2.29. The van der Waals surface area contributed by atoms with E-state index in [1.165, 1.54) is 7.11 Å². The Morgan fingerprint density at radius 3 is 2.42 bits per heavy atom. The molecule has 2 N–H and O–H groups in total. The van der Waals surface area contributed by atoms with Crippen LogP contribution in [0.3, 0.4) is 0 Å². The molecule has 0 aliphatic carbocycles. The minimum absolute atomic E-state index is 0.0621. The smallest absolute Gasteiger partial charge is 0.340 e. The van der Waals surface area contributed by atoms with Crippen molar-refractivity contribution in [1.29, 1.82) is 0 Å². The molecule has 31 heavy (non-hydrogen) atoms. The van der Waals surface area contributed by atoms with Gasteiger partial charge in [-0.05, 0) is 30.2 Å². The highest BCUT2D eigenvalue weighted by Gasteiger charge is 2.24. The summed E-state index contributed by atoms with van der Waals surface area (Å²) < 4.78 is 37.5. The van der Waals surface area contributed by atoms with Crippen LogP contribution in [0.1, 0.15) is 24.2 Å². The third-order valence-electron chi connectivity index (χ3n) is 3.93. The average Bonchev–Trinajstić information content (AvgIpc) is 2.71. The van der Waals surface area contributed by atoms with Crippen molar-refractivity contribution < 1.29 is 27.5 Å². The molecule has 0 unspecified atom stereocenters. The lowest BCUT2D eigenvalue weighted by molar-refractivity contribution is -0.119. The molecule has 0 saturated heterocycles. The molecular formula is C20H22Cl2N2O6S. The highest BCUT2D eigenvalue weighted by molar-refractivity contribution is 7.89. The van der Waals surface area contributed by atoms with Crippen molar-refractivity contribution in [2.45, 2.75) is 18.7 Å². The first-order valence-corrected chi connectivity index (χ1v) is 11.4. The Kier molecular flexibility index (Phi) is 8.69. The fourth-order valence-electron chi connectivity index (χ4n) is 2.39. The Labute approximate surface area is 190 Å². The number of carbonyl (C=O) groups is 2. The van der Waals surface area contributed by atoms with Gasteiger partial charge in [0.2, 0.25) is 10.0 Å². The van der Waals surface area contributed by atoms with Gasteiger partial charge in [0.15, 0.2) is 6.61 Å². The van der Waals surface area contributed by atoms with E-state index in [-0.39, 0.29) is 33.0 Å². The van der Waals surface area contributed by atoms with E-state index < -0.39 is 28.5 Å². The number of ether oxygens (including phenoxy) is 2. The first kappa shape index (κ1) is 24.9. The Morgan fingerprint density at radius 2 is 1.77 bits per heavy atom. The van der Waals surface area contributed by atoms with Crippen molar-refractivity contribution in [2.24, 2.45) is 5.92 Å². The molecule has 0 saturated carbocycles. The summed E-state index contributed by atoms with van der Waals surface area (Å²) in [6.07, 6.45) is 0. The van der Waals surface area contributed by atoms with Gasteiger partial charge in [-0.15, -0.1) is 0 Å². The van der Waals surface area contributed by atoms with Gasteiger partial charge in [0, 0.05) is 6.54 Å². The van der Waals surface area contributed by atoms with Crippen LogP contribution in [-0.2, 0) is 19.6 Å². The van der Waals surface area contributed by atoms with Gasteiger partial charge < -0.3 is 14.8 Å². The predicted octanol–water partition coefficient (Wildman–Crippen LogP) is 3.73. The van der Waals surface area contributed by atoms with E-state index in [1.54, 1.807) is 24.3 Å². The topological polar surface area (TPSA) is 111 Å². The second-order valence-corrected chi connectivity index (χ2v) is 9.38. The minimum Gasteiger partial charge on any atom is -0.495 e. The number of sulfonamides is 1. The van der Waals surface area contributed by atoms with Crippen LogP contribution >= 0.6 is 23.2 Å². The van der Waals surface area contributed by atoms with E-state index in [9.17, 15) is 18.0 Å². The number of halogens is 2. The summed E-state index contributed by atoms with van der Waals surface area (Å²) in [5.74, 6) is -1.09. The first-order chi connectivity index (χ1) is 14.5. The molecule has 11 heteroatoms. The molecule has 0 radical (unpaired) electrons. The average molecular weight is 489 g/mol. The van der Waals surface area contributed by atoms with Crippen LogP contribution in [0.4, 0.5) is 5.69 Å². The van der Waals surface area contributed by atoms with Gasteiger partial charge in [-0.1, -0.05) is 49.2 Å². The van der Waals surface area contributed by atoms with Crippen LogP contribution < -0.4 is 14.8 Å². The third kappa shape index (κ3) is 6.83. The summed E-state index contributed by atoms with van der Waals surface area (Å²) in [5, 5.41) is 2.30. The Morgan fingerprint density at radius 1 is 1.10 bits per heavy atom. The van der Waals surface area contributed by atoms with E-state index >= 15 is 0 Å². The second-order valence-electron chi connectivity index (χ2n) is 6.83. The SMILES string of the molecule is COc1ccccc1NC(=O)COC(=O)c1cc(S(=O)(=O)NCC(C)C)c(Cl)cc1Cl. The van der Waals surface area contributed by atoms with Gasteiger partial charge in [0.05, 0.1) is 28.4 Å². The molecule has 2 aromatic carbocycles. The molecule has 1 amide bonds. The molecular weight excluding hydrogens is 467 g/mol. The maximum atomic E-state index is 12.5. The molecule has 168 valence electrons. The normalized spacial score (nSPS) is 11.3. The lowest BCUT2D eigenvalue weighted by atomic mass is 10.2. The van der Waals surface area contributed by atoms with Gasteiger partial charge in [0.25, 0.3) is 5.91 Å². The zero-order valence-electron chi connectivity index (χ0n) is 17.1. The molecule has 0 bridgehead atoms. The summed E-state index contributed by atoms with van der Waals surface area (Å²) in [4.78, 5) is 24.2. The molecule has 2 aromatic rings. The van der Waals surface area contributed by atoms with Crippen LogP contribution in [0, 0.1) is 5.92 Å². The summed E-state index contributed by atoms with van der Waals surface area (Å²) in [5.41, 5.74) is 0.168. The van der Waals surface area contributed by atoms with Gasteiger partial charge in [-0.2, -0.15) is 0 Å². The Bertz CT molecular complexity index is 1070. The van der Waals surface area contributed by atoms with Gasteiger partial charge in [0.1, 0.15) is 10.6 Å². The lowest BCUT2D eigenvalue weighted by Crippen LogP contribution is -2.28. The molecule has 0 atom stereocenters. The summed E-state index contributed by atoms with van der Waals surface area (Å²) in [6, 6.07) is 8.87. The lowest BCUT2D eigenvalue weighted by Gasteiger charge is -2.13. The highest BCUT2D eigenvalue weighted by atomic mass is 35.5. The molecule has 0 heterocycles. The van der Waals surface area contributed by atoms with Gasteiger partial charge in [-0.25, -0.2) is 17.9 Å². The molecule has 0 fully saturated rings. The monoisotopic (exact) mass is 488 g/mol. The largest absolute Gasteiger partial charge is 0.495 e. The first-order valence-electron chi connectivity index (χ1n) is 9.14. The van der Waals surface area contributed by atoms with Gasteiger partial charge >= 0.3 is 5.97 Å². The number of esters is 1. The summed E-state index contributed by atoms with van der Waals surface area (Å²) >= 11 is 12.1. The number of rotatable bonds is 9. The number of amides is 1. The zero-order chi connectivity index (χ0) is 23.2. The van der Waals surface area contributed by atoms with Crippen molar-refractivity contribution >= 4 is 50.8 Å². The fourth-order valence-corrected chi connectivity index (χ4v) is 4.45. The van der Waals surface area contributed by atoms with E-state index in [0.717, 1.165) is 12.1 Å². The van der Waals surface area contributed by atoms with Crippen molar-refractivity contribution in [3.8, 4) is 5.75 Å². The number of hydrogen-bond acceptors (Lipinski definition) is 6. The second kappa shape index (κ2) is 10.8. The van der Waals surface area contributed by atoms with Crippen LogP contribution in [0.5, 0.6) is 5.75 Å². The maximum absolute atomic E-state index is 12.5. The quantitative estimate of drug-likeness (QED) is 0.520. The number of anilines is 1. The Balaban J connectivity index is 2.13. The van der Waals surface area contributed by atoms with Crippen molar-refractivity contribution in [2.75, 3.05) is 25.6 Å².